The van der Waals surface area contributed by atoms with Crippen LogP contribution in [0.25, 0.3) is 10.9 Å². The topological polar surface area (TPSA) is 102 Å². The minimum atomic E-state index is -0.644. The van der Waals surface area contributed by atoms with E-state index in [9.17, 15) is 14.4 Å². The highest BCUT2D eigenvalue weighted by Crippen LogP contribution is 2.28. The van der Waals surface area contributed by atoms with E-state index in [0.717, 1.165) is 11.1 Å². The van der Waals surface area contributed by atoms with Crippen molar-refractivity contribution in [2.45, 2.75) is 26.2 Å². The van der Waals surface area contributed by atoms with Crippen LogP contribution in [0.4, 0.5) is 10.5 Å². The van der Waals surface area contributed by atoms with Crippen LogP contribution in [0.2, 0.25) is 0 Å². The molecule has 0 unspecified atom stereocenters. The molecule has 0 aliphatic heterocycles. The van der Waals surface area contributed by atoms with Gasteiger partial charge < -0.3 is 14.0 Å². The van der Waals surface area contributed by atoms with Gasteiger partial charge in [-0.1, -0.05) is 30.3 Å². The van der Waals surface area contributed by atoms with Crippen LogP contribution in [0, 0.1) is 11.3 Å². The quantitative estimate of drug-likeness (QED) is 0.192. The number of carbonyl (C=O) groups is 3. The lowest BCUT2D eigenvalue weighted by Gasteiger charge is -2.21. The normalized spacial score (nSPS) is 10.6. The second-order valence-electron chi connectivity index (χ2n) is 8.97. The fourth-order valence-corrected chi connectivity index (χ4v) is 4.32. The molecule has 198 valence electrons. The number of fused-ring (bicyclic) bond motifs is 1. The SMILES string of the molecule is CCOC(=O)CCN(C(=O)Oc1ccc2c(c1)c(C(=O)CCc1ccc(C#N)cc1)cn2C)c1ccccc1. The standard InChI is InChI=1S/C31H29N3O5/c1-3-38-30(36)17-18-34(24-7-5-4-6-8-24)31(37)39-25-14-15-28-26(19-25)27(21-33(28)2)29(35)16-13-22-9-11-23(20-32)12-10-22/h4-12,14-15,19,21H,3,13,16-18H2,1-2H3. The van der Waals surface area contributed by atoms with Gasteiger partial charge in [-0.25, -0.2) is 4.79 Å². The number of anilines is 1. The molecule has 0 N–H and O–H groups in total. The van der Waals surface area contributed by atoms with Crippen molar-refractivity contribution in [2.75, 3.05) is 18.1 Å². The van der Waals surface area contributed by atoms with Crippen LogP contribution in [0.3, 0.4) is 0 Å². The van der Waals surface area contributed by atoms with Gasteiger partial charge in [-0.15, -0.1) is 0 Å². The van der Waals surface area contributed by atoms with Gasteiger partial charge in [-0.05, 0) is 61.4 Å². The van der Waals surface area contributed by atoms with Gasteiger partial charge in [0.15, 0.2) is 5.78 Å². The number of carbonyl (C=O) groups excluding carboxylic acids is 3. The lowest BCUT2D eigenvalue weighted by Crippen LogP contribution is -2.35. The van der Waals surface area contributed by atoms with E-state index in [1.807, 2.05) is 29.8 Å². The predicted molar refractivity (Wildman–Crippen MR) is 148 cm³/mol. The van der Waals surface area contributed by atoms with Crippen molar-refractivity contribution < 1.29 is 23.9 Å². The number of rotatable bonds is 10. The first-order chi connectivity index (χ1) is 18.9. The van der Waals surface area contributed by atoms with Crippen LogP contribution < -0.4 is 9.64 Å². The number of aryl methyl sites for hydroxylation is 2. The molecule has 4 aromatic rings. The number of aromatic nitrogens is 1. The Morgan fingerprint density at radius 3 is 2.41 bits per heavy atom. The summed E-state index contributed by atoms with van der Waals surface area (Å²) in [7, 11) is 1.86. The average Bonchev–Trinajstić information content (AvgIpc) is 3.28. The Labute approximate surface area is 227 Å². The second kappa shape index (κ2) is 12.6. The smallest absolute Gasteiger partial charge is 0.419 e. The van der Waals surface area contributed by atoms with Crippen molar-refractivity contribution in [3.05, 3.63) is 95.7 Å². The molecule has 0 saturated heterocycles. The number of ether oxygens (including phenoxy) is 2. The number of Topliss-reactive ketones (excluding diaryl/α,β-unsaturated/α-hetero) is 1. The molecule has 0 radical (unpaired) electrons. The Balaban J connectivity index is 1.52. The molecule has 0 saturated carbocycles. The minimum Gasteiger partial charge on any atom is -0.466 e. The molecule has 0 fully saturated rings. The molecule has 3 aromatic carbocycles. The molecule has 0 bridgehead atoms. The van der Waals surface area contributed by atoms with Crippen LogP contribution >= 0.6 is 0 Å². The average molecular weight is 524 g/mol. The summed E-state index contributed by atoms with van der Waals surface area (Å²) in [4.78, 5) is 39.7. The highest BCUT2D eigenvalue weighted by atomic mass is 16.6. The lowest BCUT2D eigenvalue weighted by molar-refractivity contribution is -0.142. The molecule has 0 atom stereocenters. The van der Waals surface area contributed by atoms with Crippen molar-refractivity contribution in [3.8, 4) is 11.8 Å². The van der Waals surface area contributed by atoms with Gasteiger partial charge in [0.05, 0.1) is 24.7 Å². The first-order valence-electron chi connectivity index (χ1n) is 12.7. The minimum absolute atomic E-state index is 0.0213. The number of nitrogens with zero attached hydrogens (tertiary/aromatic N) is 3. The maximum Gasteiger partial charge on any atom is 0.419 e. The summed E-state index contributed by atoms with van der Waals surface area (Å²) < 4.78 is 12.6. The van der Waals surface area contributed by atoms with Crippen molar-refractivity contribution in [1.29, 1.82) is 5.26 Å². The van der Waals surface area contributed by atoms with Gasteiger partial charge in [0.25, 0.3) is 0 Å². The summed E-state index contributed by atoms with van der Waals surface area (Å²) >= 11 is 0. The Kier molecular flexibility index (Phi) is 8.75. The Morgan fingerprint density at radius 2 is 1.72 bits per heavy atom. The molecule has 39 heavy (non-hydrogen) atoms. The first kappa shape index (κ1) is 27.1. The van der Waals surface area contributed by atoms with Crippen LogP contribution in [-0.2, 0) is 23.0 Å². The van der Waals surface area contributed by atoms with E-state index in [2.05, 4.69) is 6.07 Å². The number of benzene rings is 3. The number of amides is 1. The summed E-state index contributed by atoms with van der Waals surface area (Å²) in [5.74, 6) is -0.146. The van der Waals surface area contributed by atoms with E-state index >= 15 is 0 Å². The number of hydrogen-bond acceptors (Lipinski definition) is 6. The number of esters is 1. The van der Waals surface area contributed by atoms with Crippen molar-refractivity contribution in [2.24, 2.45) is 7.05 Å². The van der Waals surface area contributed by atoms with E-state index in [4.69, 9.17) is 14.7 Å². The third kappa shape index (κ3) is 6.70. The number of nitriles is 1. The molecular formula is C31H29N3O5. The summed E-state index contributed by atoms with van der Waals surface area (Å²) in [6, 6.07) is 23.4. The molecule has 0 spiro atoms. The van der Waals surface area contributed by atoms with Gasteiger partial charge in [0.2, 0.25) is 0 Å². The van der Waals surface area contributed by atoms with E-state index < -0.39 is 12.1 Å². The molecule has 1 amide bonds. The van der Waals surface area contributed by atoms with E-state index in [-0.39, 0.29) is 31.1 Å². The van der Waals surface area contributed by atoms with E-state index in [1.165, 1.54) is 4.90 Å². The third-order valence-corrected chi connectivity index (χ3v) is 6.32. The molecule has 1 aromatic heterocycles. The number of para-hydroxylation sites is 1. The molecular weight excluding hydrogens is 494 g/mol. The highest BCUT2D eigenvalue weighted by molar-refractivity contribution is 6.08. The summed E-state index contributed by atoms with van der Waals surface area (Å²) in [6.45, 7) is 2.08. The highest BCUT2D eigenvalue weighted by Gasteiger charge is 2.21. The summed E-state index contributed by atoms with van der Waals surface area (Å²) in [6.07, 6.45) is 2.00. The van der Waals surface area contributed by atoms with Crippen LogP contribution in [0.1, 0.15) is 41.3 Å². The van der Waals surface area contributed by atoms with Gasteiger partial charge in [-0.3, -0.25) is 14.5 Å². The summed E-state index contributed by atoms with van der Waals surface area (Å²) in [5.41, 5.74) is 3.51. The zero-order valence-corrected chi connectivity index (χ0v) is 21.9. The maximum atomic E-state index is 13.2. The van der Waals surface area contributed by atoms with Gasteiger partial charge >= 0.3 is 12.1 Å². The van der Waals surface area contributed by atoms with Gasteiger partial charge in [0, 0.05) is 48.4 Å². The van der Waals surface area contributed by atoms with E-state index in [1.54, 1.807) is 67.7 Å². The van der Waals surface area contributed by atoms with Crippen molar-refractivity contribution in [1.82, 2.24) is 4.57 Å². The molecule has 4 rings (SSSR count). The lowest BCUT2D eigenvalue weighted by atomic mass is 10.0. The molecule has 8 nitrogen and oxygen atoms in total. The first-order valence-corrected chi connectivity index (χ1v) is 12.7. The number of hydrogen-bond donors (Lipinski definition) is 0. The van der Waals surface area contributed by atoms with Gasteiger partial charge in [-0.2, -0.15) is 5.26 Å². The molecule has 1 heterocycles. The fraction of sp³-hybridized carbons (Fsp3) is 0.226. The van der Waals surface area contributed by atoms with Crippen molar-refractivity contribution in [3.63, 3.8) is 0 Å². The fourth-order valence-electron chi connectivity index (χ4n) is 4.32. The largest absolute Gasteiger partial charge is 0.466 e. The monoisotopic (exact) mass is 523 g/mol. The summed E-state index contributed by atoms with van der Waals surface area (Å²) in [5, 5.41) is 9.66. The second-order valence-corrected chi connectivity index (χ2v) is 8.97. The Bertz CT molecular complexity index is 1520. The predicted octanol–water partition coefficient (Wildman–Crippen LogP) is 5.82. The third-order valence-electron chi connectivity index (χ3n) is 6.32. The molecule has 8 heteroatoms. The van der Waals surface area contributed by atoms with Crippen LogP contribution in [0.15, 0.2) is 79.0 Å². The maximum absolute atomic E-state index is 13.2. The zero-order chi connectivity index (χ0) is 27.8. The molecule has 0 aliphatic rings. The van der Waals surface area contributed by atoms with E-state index in [0.29, 0.717) is 35.0 Å². The molecule has 0 aliphatic carbocycles. The van der Waals surface area contributed by atoms with Gasteiger partial charge in [0.1, 0.15) is 5.75 Å². The Hall–Kier alpha value is -4.90. The van der Waals surface area contributed by atoms with Crippen LogP contribution in [-0.4, -0.2) is 35.6 Å². The number of ketones is 1. The van der Waals surface area contributed by atoms with Crippen molar-refractivity contribution >= 4 is 34.4 Å². The van der Waals surface area contributed by atoms with Crippen LogP contribution in [0.5, 0.6) is 5.75 Å². The zero-order valence-electron chi connectivity index (χ0n) is 21.9. The Morgan fingerprint density at radius 1 is 0.974 bits per heavy atom.